The van der Waals surface area contributed by atoms with E-state index in [1.807, 2.05) is 12.1 Å². The third-order valence-corrected chi connectivity index (χ3v) is 3.33. The Morgan fingerprint density at radius 1 is 1.19 bits per heavy atom. The van der Waals surface area contributed by atoms with Gasteiger partial charge in [-0.25, -0.2) is 0 Å². The molecule has 1 unspecified atom stereocenters. The van der Waals surface area contributed by atoms with Gasteiger partial charge >= 0.3 is 0 Å². The van der Waals surface area contributed by atoms with Crippen LogP contribution in [0.15, 0.2) is 12.1 Å². The Bertz CT molecular complexity index is 387. The maximum Gasteiger partial charge on any atom is 0.126 e. The minimum absolute atomic E-state index is 0.393. The van der Waals surface area contributed by atoms with Crippen LogP contribution in [0.4, 0.5) is 0 Å². The summed E-state index contributed by atoms with van der Waals surface area (Å²) in [5.41, 5.74) is 2.08. The smallest absolute Gasteiger partial charge is 0.126 e. The molecule has 0 saturated heterocycles. The van der Waals surface area contributed by atoms with E-state index in [9.17, 15) is 5.11 Å². The fourth-order valence-electron chi connectivity index (χ4n) is 2.42. The molecule has 0 amide bonds. The summed E-state index contributed by atoms with van der Waals surface area (Å²) in [6.07, 6.45) is 1.41. The van der Waals surface area contributed by atoms with Crippen LogP contribution in [0.25, 0.3) is 0 Å². The van der Waals surface area contributed by atoms with Crippen LogP contribution >= 0.6 is 0 Å². The maximum absolute atomic E-state index is 10.0. The predicted molar refractivity (Wildman–Crippen MR) is 62.2 cm³/mol. The molecule has 0 radical (unpaired) electrons. The van der Waals surface area contributed by atoms with Crippen molar-refractivity contribution in [3.05, 3.63) is 23.3 Å². The van der Waals surface area contributed by atoms with E-state index in [0.29, 0.717) is 5.92 Å². The Morgan fingerprint density at radius 3 is 2.56 bits per heavy atom. The van der Waals surface area contributed by atoms with Crippen LogP contribution in [-0.4, -0.2) is 19.3 Å². The molecular formula is C13H18O3. The Balaban J connectivity index is 2.58. The average molecular weight is 222 g/mol. The van der Waals surface area contributed by atoms with Gasteiger partial charge in [0.2, 0.25) is 0 Å². The van der Waals surface area contributed by atoms with Crippen LogP contribution in [0.3, 0.4) is 0 Å². The van der Waals surface area contributed by atoms with E-state index in [-0.39, 0.29) is 0 Å². The van der Waals surface area contributed by atoms with Crippen LogP contribution in [0.5, 0.6) is 11.5 Å². The van der Waals surface area contributed by atoms with Crippen molar-refractivity contribution in [2.75, 3.05) is 14.2 Å². The molecule has 16 heavy (non-hydrogen) atoms. The lowest BCUT2D eigenvalue weighted by Crippen LogP contribution is -2.14. The second-order valence-corrected chi connectivity index (χ2v) is 4.33. The van der Waals surface area contributed by atoms with E-state index in [1.165, 1.54) is 0 Å². The molecule has 0 spiro atoms. The summed E-state index contributed by atoms with van der Waals surface area (Å²) in [5, 5.41) is 10.0. The van der Waals surface area contributed by atoms with Crippen LogP contribution in [0, 0.1) is 0 Å². The van der Waals surface area contributed by atoms with Crippen LogP contribution < -0.4 is 9.47 Å². The van der Waals surface area contributed by atoms with Crippen molar-refractivity contribution in [3.8, 4) is 11.5 Å². The maximum atomic E-state index is 10.0. The summed E-state index contributed by atoms with van der Waals surface area (Å²) in [7, 11) is 3.28. The van der Waals surface area contributed by atoms with Crippen molar-refractivity contribution in [2.45, 2.75) is 31.8 Å². The van der Waals surface area contributed by atoms with Gasteiger partial charge < -0.3 is 14.6 Å². The molecule has 1 N–H and O–H groups in total. The summed E-state index contributed by atoms with van der Waals surface area (Å²) < 4.78 is 10.6. The fraction of sp³-hybridized carbons (Fsp3) is 0.538. The first-order valence-electron chi connectivity index (χ1n) is 5.61. The molecule has 3 heteroatoms. The average Bonchev–Trinajstić information content (AvgIpc) is 2.32. The van der Waals surface area contributed by atoms with Gasteiger partial charge in [0.25, 0.3) is 0 Å². The Kier molecular flexibility index (Phi) is 3.06. The van der Waals surface area contributed by atoms with Crippen molar-refractivity contribution < 1.29 is 14.6 Å². The van der Waals surface area contributed by atoms with Crippen LogP contribution in [0.2, 0.25) is 0 Å². The quantitative estimate of drug-likeness (QED) is 0.836. The summed E-state index contributed by atoms with van der Waals surface area (Å²) in [5.74, 6) is 1.99. The number of aliphatic hydroxyl groups excluding tert-OH is 1. The van der Waals surface area contributed by atoms with Crippen molar-refractivity contribution in [1.82, 2.24) is 0 Å². The number of benzene rings is 1. The molecule has 0 saturated carbocycles. The van der Waals surface area contributed by atoms with E-state index in [4.69, 9.17) is 9.47 Å². The topological polar surface area (TPSA) is 38.7 Å². The van der Waals surface area contributed by atoms with E-state index in [1.54, 1.807) is 14.2 Å². The minimum atomic E-state index is -0.393. The Hall–Kier alpha value is -1.22. The molecule has 2 rings (SSSR count). The third-order valence-electron chi connectivity index (χ3n) is 3.33. The van der Waals surface area contributed by atoms with E-state index in [0.717, 1.165) is 35.5 Å². The van der Waals surface area contributed by atoms with Gasteiger partial charge in [-0.2, -0.15) is 0 Å². The van der Waals surface area contributed by atoms with Crippen molar-refractivity contribution in [2.24, 2.45) is 0 Å². The number of fused-ring (bicyclic) bond motifs is 1. The minimum Gasteiger partial charge on any atom is -0.497 e. The number of ether oxygens (including phenoxy) is 2. The number of methoxy groups -OCH3 is 2. The Labute approximate surface area is 96.0 Å². The Morgan fingerprint density at radius 2 is 1.94 bits per heavy atom. The van der Waals surface area contributed by atoms with Gasteiger partial charge in [-0.05, 0) is 30.4 Å². The standard InChI is InChI=1S/C13H18O3/c1-8-4-5-11(14)10-6-9(15-2)7-12(16-3)13(8)10/h6-8,11,14H,4-5H2,1-3H3/t8?,11-/m0/s1. The normalized spacial score (nSPS) is 23.8. The van der Waals surface area contributed by atoms with Gasteiger partial charge in [0.05, 0.1) is 20.3 Å². The molecule has 0 aliphatic heterocycles. The lowest BCUT2D eigenvalue weighted by Gasteiger charge is -2.28. The first kappa shape index (κ1) is 11.3. The second-order valence-electron chi connectivity index (χ2n) is 4.33. The largest absolute Gasteiger partial charge is 0.497 e. The SMILES string of the molecule is COc1cc(OC)c2c(c1)[C@@H](O)CCC2C. The molecule has 88 valence electrons. The van der Waals surface area contributed by atoms with Gasteiger partial charge in [-0.15, -0.1) is 0 Å². The lowest BCUT2D eigenvalue weighted by molar-refractivity contribution is 0.150. The fourth-order valence-corrected chi connectivity index (χ4v) is 2.42. The van der Waals surface area contributed by atoms with Gasteiger partial charge in [0, 0.05) is 11.6 Å². The molecular weight excluding hydrogens is 204 g/mol. The van der Waals surface area contributed by atoms with Crippen molar-refractivity contribution in [1.29, 1.82) is 0 Å². The highest BCUT2D eigenvalue weighted by Crippen LogP contribution is 2.44. The monoisotopic (exact) mass is 222 g/mol. The first-order chi connectivity index (χ1) is 7.67. The number of rotatable bonds is 2. The van der Waals surface area contributed by atoms with Gasteiger partial charge in [0.15, 0.2) is 0 Å². The molecule has 0 bridgehead atoms. The lowest BCUT2D eigenvalue weighted by atomic mass is 9.81. The molecule has 0 aromatic heterocycles. The number of aliphatic hydroxyl groups is 1. The summed E-state index contributed by atoms with van der Waals surface area (Å²) in [4.78, 5) is 0. The highest BCUT2D eigenvalue weighted by Gasteiger charge is 2.27. The van der Waals surface area contributed by atoms with Crippen molar-refractivity contribution in [3.63, 3.8) is 0 Å². The molecule has 1 aliphatic rings. The zero-order chi connectivity index (χ0) is 11.7. The zero-order valence-corrected chi connectivity index (χ0v) is 9.99. The molecule has 1 aromatic rings. The molecule has 1 aliphatic carbocycles. The predicted octanol–water partition coefficient (Wildman–Crippen LogP) is 2.63. The van der Waals surface area contributed by atoms with Gasteiger partial charge in [0.1, 0.15) is 11.5 Å². The van der Waals surface area contributed by atoms with E-state index >= 15 is 0 Å². The number of hydrogen-bond donors (Lipinski definition) is 1. The second kappa shape index (κ2) is 4.34. The molecule has 0 heterocycles. The summed E-state index contributed by atoms with van der Waals surface area (Å²) in [6, 6.07) is 3.80. The van der Waals surface area contributed by atoms with E-state index in [2.05, 4.69) is 6.92 Å². The van der Waals surface area contributed by atoms with Crippen LogP contribution in [-0.2, 0) is 0 Å². The highest BCUT2D eigenvalue weighted by atomic mass is 16.5. The van der Waals surface area contributed by atoms with Gasteiger partial charge in [-0.3, -0.25) is 0 Å². The van der Waals surface area contributed by atoms with E-state index < -0.39 is 6.10 Å². The van der Waals surface area contributed by atoms with Gasteiger partial charge in [-0.1, -0.05) is 6.92 Å². The summed E-state index contributed by atoms with van der Waals surface area (Å²) >= 11 is 0. The van der Waals surface area contributed by atoms with Crippen LogP contribution in [0.1, 0.15) is 42.9 Å². The summed E-state index contributed by atoms with van der Waals surface area (Å²) in [6.45, 7) is 2.17. The molecule has 2 atom stereocenters. The molecule has 1 aromatic carbocycles. The first-order valence-corrected chi connectivity index (χ1v) is 5.61. The third kappa shape index (κ3) is 1.76. The highest BCUT2D eigenvalue weighted by molar-refractivity contribution is 5.50. The molecule has 3 nitrogen and oxygen atoms in total. The number of hydrogen-bond acceptors (Lipinski definition) is 3. The zero-order valence-electron chi connectivity index (χ0n) is 9.99. The van der Waals surface area contributed by atoms with Crippen molar-refractivity contribution >= 4 is 0 Å². The molecule has 0 fully saturated rings.